The summed E-state index contributed by atoms with van der Waals surface area (Å²) in [5.74, 6) is -0.564. The summed E-state index contributed by atoms with van der Waals surface area (Å²) < 4.78 is 2.06. The van der Waals surface area contributed by atoms with E-state index in [0.29, 0.717) is 21.0 Å². The molecule has 0 aliphatic carbocycles. The number of aromatic carboxylic acids is 1. The Kier molecular flexibility index (Phi) is 3.22. The van der Waals surface area contributed by atoms with Gasteiger partial charge >= 0.3 is 5.97 Å². The zero-order chi connectivity index (χ0) is 12.6. The van der Waals surface area contributed by atoms with Crippen LogP contribution >= 0.6 is 27.5 Å². The zero-order valence-corrected chi connectivity index (χ0v) is 11.2. The molecular weight excluding hydrogens is 307 g/mol. The maximum absolute atomic E-state index is 11.0. The Morgan fingerprint density at radius 1 is 1.47 bits per heavy atom. The highest BCUT2D eigenvalue weighted by Gasteiger charge is 2.20. The van der Waals surface area contributed by atoms with Crippen LogP contribution in [0, 0.1) is 0 Å². The molecule has 0 atom stereocenters. The van der Waals surface area contributed by atoms with E-state index >= 15 is 0 Å². The second-order valence-electron chi connectivity index (χ2n) is 3.42. The third-order valence-corrected chi connectivity index (χ3v) is 3.58. The molecule has 4 nitrogen and oxygen atoms in total. The van der Waals surface area contributed by atoms with Crippen LogP contribution in [0.3, 0.4) is 0 Å². The van der Waals surface area contributed by atoms with Gasteiger partial charge in [0.2, 0.25) is 0 Å². The molecule has 0 bridgehead atoms. The van der Waals surface area contributed by atoms with E-state index in [0.717, 1.165) is 0 Å². The number of carboxylic acid groups (broad SMARTS) is 1. The number of halogens is 2. The molecule has 88 valence electrons. The smallest absolute Gasteiger partial charge is 0.357 e. The molecule has 1 aromatic carbocycles. The summed E-state index contributed by atoms with van der Waals surface area (Å²) >= 11 is 9.26. The van der Waals surface area contributed by atoms with Crippen molar-refractivity contribution in [2.45, 2.75) is 0 Å². The molecule has 0 aliphatic heterocycles. The second kappa shape index (κ2) is 4.50. The van der Waals surface area contributed by atoms with Crippen LogP contribution in [-0.2, 0) is 7.05 Å². The molecule has 6 heteroatoms. The highest BCUT2D eigenvalue weighted by atomic mass is 79.9. The van der Waals surface area contributed by atoms with Gasteiger partial charge in [0.05, 0.1) is 5.02 Å². The summed E-state index contributed by atoms with van der Waals surface area (Å²) in [4.78, 5) is 15.0. The Hall–Kier alpha value is -1.33. The van der Waals surface area contributed by atoms with Gasteiger partial charge in [0, 0.05) is 12.6 Å². The van der Waals surface area contributed by atoms with Crippen LogP contribution in [0.4, 0.5) is 0 Å². The Bertz CT molecular complexity index is 595. The molecular formula is C11H8BrClN2O2. The van der Waals surface area contributed by atoms with Crippen LogP contribution in [0.5, 0.6) is 0 Å². The van der Waals surface area contributed by atoms with Crippen LogP contribution in [0.15, 0.2) is 28.9 Å². The Morgan fingerprint density at radius 3 is 2.65 bits per heavy atom. The minimum absolute atomic E-state index is 0.0255. The van der Waals surface area contributed by atoms with Gasteiger partial charge in [-0.15, -0.1) is 0 Å². The van der Waals surface area contributed by atoms with Crippen molar-refractivity contribution < 1.29 is 9.90 Å². The molecule has 0 spiro atoms. The first-order valence-electron chi connectivity index (χ1n) is 4.72. The molecule has 0 aliphatic rings. The SMILES string of the molecule is Cn1c(-c2ccccc2Cl)nc(C(=O)O)c1Br. The number of nitrogens with zero attached hydrogens (tertiary/aromatic N) is 2. The summed E-state index contributed by atoms with van der Waals surface area (Å²) in [6, 6.07) is 7.16. The van der Waals surface area contributed by atoms with Gasteiger partial charge in [-0.3, -0.25) is 0 Å². The van der Waals surface area contributed by atoms with Crippen LogP contribution in [-0.4, -0.2) is 20.6 Å². The molecule has 0 fully saturated rings. The number of carboxylic acids is 1. The van der Waals surface area contributed by atoms with Crippen molar-refractivity contribution >= 4 is 33.5 Å². The van der Waals surface area contributed by atoms with Crippen LogP contribution < -0.4 is 0 Å². The molecule has 2 aromatic rings. The van der Waals surface area contributed by atoms with Crippen molar-refractivity contribution in [2.24, 2.45) is 7.05 Å². The van der Waals surface area contributed by atoms with Gasteiger partial charge in [-0.25, -0.2) is 9.78 Å². The molecule has 1 aromatic heterocycles. The lowest BCUT2D eigenvalue weighted by Gasteiger charge is -2.03. The van der Waals surface area contributed by atoms with E-state index in [4.69, 9.17) is 16.7 Å². The van der Waals surface area contributed by atoms with E-state index in [1.165, 1.54) is 0 Å². The first-order valence-corrected chi connectivity index (χ1v) is 5.90. The van der Waals surface area contributed by atoms with Crippen molar-refractivity contribution in [2.75, 3.05) is 0 Å². The Labute approximate surface area is 111 Å². The fraction of sp³-hybridized carbons (Fsp3) is 0.0909. The van der Waals surface area contributed by atoms with E-state index in [2.05, 4.69) is 20.9 Å². The predicted octanol–water partition coefficient (Wildman–Crippen LogP) is 3.20. The molecule has 0 radical (unpaired) electrons. The van der Waals surface area contributed by atoms with Crippen molar-refractivity contribution in [1.29, 1.82) is 0 Å². The van der Waals surface area contributed by atoms with E-state index < -0.39 is 5.97 Å². The minimum Gasteiger partial charge on any atom is -0.476 e. The lowest BCUT2D eigenvalue weighted by molar-refractivity contribution is 0.0690. The van der Waals surface area contributed by atoms with E-state index in [9.17, 15) is 4.79 Å². The van der Waals surface area contributed by atoms with Gasteiger partial charge < -0.3 is 9.67 Å². The normalized spacial score (nSPS) is 10.5. The average Bonchev–Trinajstić information content (AvgIpc) is 2.57. The van der Waals surface area contributed by atoms with E-state index in [-0.39, 0.29) is 5.69 Å². The monoisotopic (exact) mass is 314 g/mol. The zero-order valence-electron chi connectivity index (χ0n) is 8.82. The largest absolute Gasteiger partial charge is 0.476 e. The standard InChI is InChI=1S/C11H8BrClN2O2/c1-15-9(12)8(11(16)17)14-10(15)6-4-2-3-5-7(6)13/h2-5H,1H3,(H,16,17). The summed E-state index contributed by atoms with van der Waals surface area (Å²) in [5, 5.41) is 9.51. The lowest BCUT2D eigenvalue weighted by Crippen LogP contribution is -1.97. The van der Waals surface area contributed by atoms with Crippen molar-refractivity contribution in [3.8, 4) is 11.4 Å². The molecule has 2 rings (SSSR count). The van der Waals surface area contributed by atoms with Crippen LogP contribution in [0.1, 0.15) is 10.5 Å². The predicted molar refractivity (Wildman–Crippen MR) is 68.3 cm³/mol. The molecule has 0 saturated carbocycles. The summed E-state index contributed by atoms with van der Waals surface area (Å²) in [6.07, 6.45) is 0. The van der Waals surface area contributed by atoms with E-state index in [1.807, 2.05) is 12.1 Å². The summed E-state index contributed by atoms with van der Waals surface area (Å²) in [6.45, 7) is 0. The van der Waals surface area contributed by atoms with Crippen LogP contribution in [0.2, 0.25) is 5.02 Å². The van der Waals surface area contributed by atoms with Crippen molar-refractivity contribution in [3.63, 3.8) is 0 Å². The third-order valence-electron chi connectivity index (χ3n) is 2.34. The number of hydrogen-bond donors (Lipinski definition) is 1. The first-order chi connectivity index (χ1) is 8.02. The van der Waals surface area contributed by atoms with Gasteiger partial charge in [0.25, 0.3) is 0 Å². The molecule has 17 heavy (non-hydrogen) atoms. The average molecular weight is 316 g/mol. The second-order valence-corrected chi connectivity index (χ2v) is 4.58. The third kappa shape index (κ3) is 2.08. The van der Waals surface area contributed by atoms with Crippen molar-refractivity contribution in [3.05, 3.63) is 39.6 Å². The molecule has 1 N–H and O–H groups in total. The molecule has 1 heterocycles. The number of benzene rings is 1. The molecule has 0 unspecified atom stereocenters. The first kappa shape index (κ1) is 12.1. The quantitative estimate of drug-likeness (QED) is 0.926. The van der Waals surface area contributed by atoms with Gasteiger partial charge in [0.1, 0.15) is 10.4 Å². The van der Waals surface area contributed by atoms with Gasteiger partial charge in [-0.05, 0) is 28.1 Å². The lowest BCUT2D eigenvalue weighted by atomic mass is 10.2. The molecule has 0 amide bonds. The number of imidazole rings is 1. The number of hydrogen-bond acceptors (Lipinski definition) is 2. The van der Waals surface area contributed by atoms with Crippen LogP contribution in [0.25, 0.3) is 11.4 Å². The Morgan fingerprint density at radius 2 is 2.12 bits per heavy atom. The van der Waals surface area contributed by atoms with E-state index in [1.54, 1.807) is 23.7 Å². The topological polar surface area (TPSA) is 55.1 Å². The fourth-order valence-electron chi connectivity index (χ4n) is 1.50. The molecule has 0 saturated heterocycles. The highest BCUT2D eigenvalue weighted by molar-refractivity contribution is 9.10. The maximum Gasteiger partial charge on any atom is 0.357 e. The van der Waals surface area contributed by atoms with Crippen molar-refractivity contribution in [1.82, 2.24) is 9.55 Å². The summed E-state index contributed by atoms with van der Waals surface area (Å²) in [7, 11) is 1.72. The highest BCUT2D eigenvalue weighted by Crippen LogP contribution is 2.30. The minimum atomic E-state index is -1.08. The van der Waals surface area contributed by atoms with Gasteiger partial charge in [-0.2, -0.15) is 0 Å². The number of aromatic nitrogens is 2. The fourth-order valence-corrected chi connectivity index (χ4v) is 2.14. The van der Waals surface area contributed by atoms with Gasteiger partial charge in [0.15, 0.2) is 5.69 Å². The summed E-state index contributed by atoms with van der Waals surface area (Å²) in [5.41, 5.74) is 0.673. The maximum atomic E-state index is 11.0. The number of rotatable bonds is 2. The Balaban J connectivity index is 2.66. The number of carbonyl (C=O) groups is 1. The van der Waals surface area contributed by atoms with Gasteiger partial charge in [-0.1, -0.05) is 23.7 Å².